The summed E-state index contributed by atoms with van der Waals surface area (Å²) in [5.74, 6) is 0. The number of hydrogen-bond donors (Lipinski definition) is 2. The number of benzene rings is 2. The Labute approximate surface area is 147 Å². The van der Waals surface area contributed by atoms with E-state index in [0.717, 1.165) is 11.1 Å². The second-order valence-electron chi connectivity index (χ2n) is 5.88. The quantitative estimate of drug-likeness (QED) is 0.801. The Morgan fingerprint density at radius 2 is 1.35 bits per heavy atom. The molecule has 0 unspecified atom stereocenters. The van der Waals surface area contributed by atoms with E-state index >= 15 is 0 Å². The van der Waals surface area contributed by atoms with Gasteiger partial charge in [-0.05, 0) is 35.4 Å². The molecule has 0 aliphatic rings. The zero-order valence-electron chi connectivity index (χ0n) is 13.3. The number of rotatable bonds is 7. The van der Waals surface area contributed by atoms with Crippen molar-refractivity contribution in [2.75, 3.05) is 27.2 Å². The SMILES string of the molecule is C[NH+](C)C[C@H](O)COC(c1ccc(Cl)cc1)c1ccc(Cl)cc1. The normalized spacial score (nSPS) is 12.8. The van der Waals surface area contributed by atoms with Gasteiger partial charge in [-0.1, -0.05) is 47.5 Å². The largest absolute Gasteiger partial charge is 0.385 e. The van der Waals surface area contributed by atoms with Crippen LogP contribution in [0, 0.1) is 0 Å². The highest BCUT2D eigenvalue weighted by atomic mass is 35.5. The molecule has 0 saturated heterocycles. The van der Waals surface area contributed by atoms with Gasteiger partial charge in [0, 0.05) is 10.0 Å². The van der Waals surface area contributed by atoms with Crippen molar-refractivity contribution in [3.63, 3.8) is 0 Å². The van der Waals surface area contributed by atoms with E-state index in [-0.39, 0.29) is 12.7 Å². The monoisotopic (exact) mass is 354 g/mol. The molecule has 0 aromatic heterocycles. The Hall–Kier alpha value is -1.10. The molecular formula is C18H22Cl2NO2+. The van der Waals surface area contributed by atoms with E-state index in [1.807, 2.05) is 62.6 Å². The van der Waals surface area contributed by atoms with Crippen molar-refractivity contribution in [2.24, 2.45) is 0 Å². The van der Waals surface area contributed by atoms with Crippen molar-refractivity contribution in [1.29, 1.82) is 0 Å². The van der Waals surface area contributed by atoms with Gasteiger partial charge in [-0.15, -0.1) is 0 Å². The van der Waals surface area contributed by atoms with Gasteiger partial charge in [0.15, 0.2) is 0 Å². The molecule has 0 heterocycles. The minimum absolute atomic E-state index is 0.265. The van der Waals surface area contributed by atoms with Crippen LogP contribution < -0.4 is 4.90 Å². The summed E-state index contributed by atoms with van der Waals surface area (Å²) in [5, 5.41) is 11.4. The maximum Gasteiger partial charge on any atom is 0.126 e. The van der Waals surface area contributed by atoms with Crippen LogP contribution in [0.4, 0.5) is 0 Å². The van der Waals surface area contributed by atoms with Crippen molar-refractivity contribution in [1.82, 2.24) is 0 Å². The number of nitrogens with one attached hydrogen (secondary N) is 1. The lowest BCUT2D eigenvalue weighted by molar-refractivity contribution is -0.861. The summed E-state index contributed by atoms with van der Waals surface area (Å²) in [7, 11) is 4.00. The molecule has 0 saturated carbocycles. The topological polar surface area (TPSA) is 33.9 Å². The molecule has 2 rings (SSSR count). The zero-order chi connectivity index (χ0) is 16.8. The molecular weight excluding hydrogens is 333 g/mol. The van der Waals surface area contributed by atoms with E-state index in [9.17, 15) is 5.11 Å². The predicted octanol–water partition coefficient (Wildman–Crippen LogP) is 2.60. The molecule has 0 fully saturated rings. The number of ether oxygens (including phenoxy) is 1. The van der Waals surface area contributed by atoms with Gasteiger partial charge >= 0.3 is 0 Å². The Morgan fingerprint density at radius 1 is 0.913 bits per heavy atom. The van der Waals surface area contributed by atoms with Crippen LogP contribution in [0.5, 0.6) is 0 Å². The fraction of sp³-hybridized carbons (Fsp3) is 0.333. The lowest BCUT2D eigenvalue weighted by Crippen LogP contribution is -3.07. The second-order valence-corrected chi connectivity index (χ2v) is 6.75. The standard InChI is InChI=1S/C18H21Cl2NO2/c1-21(2)11-17(22)12-23-18(13-3-7-15(19)8-4-13)14-5-9-16(20)10-6-14/h3-10,17-18,22H,11-12H2,1-2H3/p+1/t17-/m0/s1. The fourth-order valence-electron chi connectivity index (χ4n) is 2.40. The summed E-state index contributed by atoms with van der Waals surface area (Å²) in [5.41, 5.74) is 1.97. The fourth-order valence-corrected chi connectivity index (χ4v) is 2.65. The van der Waals surface area contributed by atoms with Crippen LogP contribution in [0.15, 0.2) is 48.5 Å². The third-order valence-corrected chi connectivity index (χ3v) is 3.95. The van der Waals surface area contributed by atoms with Crippen LogP contribution in [0.1, 0.15) is 17.2 Å². The molecule has 1 atom stereocenters. The van der Waals surface area contributed by atoms with Crippen molar-refractivity contribution in [2.45, 2.75) is 12.2 Å². The summed E-state index contributed by atoms with van der Waals surface area (Å²) in [6, 6.07) is 15.1. The maximum atomic E-state index is 10.1. The highest BCUT2D eigenvalue weighted by molar-refractivity contribution is 6.30. The van der Waals surface area contributed by atoms with Crippen LogP contribution in [0.3, 0.4) is 0 Å². The first-order chi connectivity index (χ1) is 11.0. The van der Waals surface area contributed by atoms with Crippen LogP contribution in [-0.4, -0.2) is 38.5 Å². The lowest BCUT2D eigenvalue weighted by Gasteiger charge is -2.21. The number of quaternary nitrogens is 1. The first-order valence-corrected chi connectivity index (χ1v) is 8.31. The number of likely N-dealkylation sites (N-methyl/N-ethyl adjacent to an activating group) is 1. The lowest BCUT2D eigenvalue weighted by atomic mass is 10.0. The van der Waals surface area contributed by atoms with Crippen LogP contribution >= 0.6 is 23.2 Å². The van der Waals surface area contributed by atoms with Gasteiger partial charge in [0.25, 0.3) is 0 Å². The Balaban J connectivity index is 2.17. The van der Waals surface area contributed by atoms with E-state index < -0.39 is 6.10 Å². The molecule has 0 bridgehead atoms. The first kappa shape index (κ1) is 18.2. The number of aliphatic hydroxyl groups is 1. The highest BCUT2D eigenvalue weighted by Gasteiger charge is 2.18. The molecule has 124 valence electrons. The summed E-state index contributed by atoms with van der Waals surface area (Å²) >= 11 is 11.9. The summed E-state index contributed by atoms with van der Waals surface area (Å²) in [6.45, 7) is 0.898. The Bertz CT molecular complexity index is 554. The van der Waals surface area contributed by atoms with Gasteiger partial charge in [-0.2, -0.15) is 0 Å². The third-order valence-electron chi connectivity index (χ3n) is 3.44. The smallest absolute Gasteiger partial charge is 0.126 e. The maximum absolute atomic E-state index is 10.1. The van der Waals surface area contributed by atoms with Crippen molar-refractivity contribution < 1.29 is 14.7 Å². The molecule has 3 nitrogen and oxygen atoms in total. The predicted molar refractivity (Wildman–Crippen MR) is 94.4 cm³/mol. The van der Waals surface area contributed by atoms with Gasteiger partial charge in [-0.3, -0.25) is 0 Å². The van der Waals surface area contributed by atoms with Crippen LogP contribution in [-0.2, 0) is 4.74 Å². The average molecular weight is 355 g/mol. The summed E-state index contributed by atoms with van der Waals surface area (Å²) < 4.78 is 6.01. The molecule has 0 amide bonds. The summed E-state index contributed by atoms with van der Waals surface area (Å²) in [6.07, 6.45) is -0.779. The molecule has 2 aromatic rings. The number of hydrogen-bond acceptors (Lipinski definition) is 2. The zero-order valence-corrected chi connectivity index (χ0v) is 14.8. The Kier molecular flexibility index (Phi) is 6.88. The second kappa shape index (κ2) is 8.67. The molecule has 5 heteroatoms. The van der Waals surface area contributed by atoms with Gasteiger partial charge in [0.2, 0.25) is 0 Å². The molecule has 0 radical (unpaired) electrons. The summed E-state index contributed by atoms with van der Waals surface area (Å²) in [4.78, 5) is 1.18. The van der Waals surface area contributed by atoms with E-state index in [2.05, 4.69) is 0 Å². The molecule has 0 aliphatic carbocycles. The van der Waals surface area contributed by atoms with Crippen LogP contribution in [0.2, 0.25) is 10.0 Å². The van der Waals surface area contributed by atoms with E-state index in [0.29, 0.717) is 16.6 Å². The van der Waals surface area contributed by atoms with E-state index in [1.54, 1.807) is 0 Å². The van der Waals surface area contributed by atoms with E-state index in [1.165, 1.54) is 4.90 Å². The number of aliphatic hydroxyl groups excluding tert-OH is 1. The molecule has 0 aliphatic heterocycles. The minimum atomic E-state index is -0.512. The van der Waals surface area contributed by atoms with Gasteiger partial charge in [-0.25, -0.2) is 0 Å². The van der Waals surface area contributed by atoms with Gasteiger partial charge in [0.05, 0.1) is 20.7 Å². The van der Waals surface area contributed by atoms with Crippen molar-refractivity contribution >= 4 is 23.2 Å². The average Bonchev–Trinajstić information content (AvgIpc) is 2.50. The van der Waals surface area contributed by atoms with Gasteiger partial charge < -0.3 is 14.7 Å². The highest BCUT2D eigenvalue weighted by Crippen LogP contribution is 2.28. The third kappa shape index (κ3) is 5.79. The molecule has 2 aromatic carbocycles. The van der Waals surface area contributed by atoms with Gasteiger partial charge in [0.1, 0.15) is 18.8 Å². The Morgan fingerprint density at radius 3 is 1.74 bits per heavy atom. The first-order valence-electron chi connectivity index (χ1n) is 7.55. The minimum Gasteiger partial charge on any atom is -0.385 e. The molecule has 2 N–H and O–H groups in total. The molecule has 0 spiro atoms. The van der Waals surface area contributed by atoms with Crippen molar-refractivity contribution in [3.05, 3.63) is 69.7 Å². The van der Waals surface area contributed by atoms with E-state index in [4.69, 9.17) is 27.9 Å². The molecule has 23 heavy (non-hydrogen) atoms. The van der Waals surface area contributed by atoms with Crippen LogP contribution in [0.25, 0.3) is 0 Å². The van der Waals surface area contributed by atoms with Crippen molar-refractivity contribution in [3.8, 4) is 0 Å². The number of halogens is 2.